The predicted molar refractivity (Wildman–Crippen MR) is 73.7 cm³/mol. The van der Waals surface area contributed by atoms with E-state index in [1.165, 1.54) is 5.56 Å². The van der Waals surface area contributed by atoms with E-state index in [4.69, 9.17) is 11.2 Å². The molecule has 0 aliphatic heterocycles. The fourth-order valence-corrected chi connectivity index (χ4v) is 1.58. The monoisotopic (exact) mass is 247 g/mol. The molecule has 2 atom stereocenters. The normalized spacial score (nSPS) is 13.7. The highest BCUT2D eigenvalue weighted by molar-refractivity contribution is 5.35. The predicted octanol–water partition coefficient (Wildman–Crippen LogP) is 1.65. The maximum atomic E-state index is 9.74. The Bertz CT molecular complexity index is 423. The van der Waals surface area contributed by atoms with E-state index in [1.807, 2.05) is 32.9 Å². The van der Waals surface area contributed by atoms with Crippen molar-refractivity contribution in [3.63, 3.8) is 0 Å². The van der Waals surface area contributed by atoms with E-state index in [1.54, 1.807) is 0 Å². The first-order chi connectivity index (χ1) is 8.52. The summed E-state index contributed by atoms with van der Waals surface area (Å²) in [5.41, 5.74) is 2.28. The highest BCUT2D eigenvalue weighted by Gasteiger charge is 2.07. The SMILES string of the molecule is C#CC(C)NCC(O)COc1ccc(C)cc1C. The van der Waals surface area contributed by atoms with Crippen molar-refractivity contribution in [2.24, 2.45) is 0 Å². The first-order valence-electron chi connectivity index (χ1n) is 6.10. The molecule has 0 aliphatic carbocycles. The molecule has 0 saturated heterocycles. The number of hydrogen-bond donors (Lipinski definition) is 2. The lowest BCUT2D eigenvalue weighted by atomic mass is 10.1. The summed E-state index contributed by atoms with van der Waals surface area (Å²) in [6.45, 7) is 6.59. The van der Waals surface area contributed by atoms with E-state index in [2.05, 4.69) is 17.3 Å². The number of aryl methyl sites for hydroxylation is 2. The summed E-state index contributed by atoms with van der Waals surface area (Å²) >= 11 is 0. The molecule has 0 heterocycles. The van der Waals surface area contributed by atoms with Gasteiger partial charge in [0.05, 0.1) is 6.04 Å². The summed E-state index contributed by atoms with van der Waals surface area (Å²) in [7, 11) is 0. The van der Waals surface area contributed by atoms with Crippen molar-refractivity contribution in [1.82, 2.24) is 5.32 Å². The van der Waals surface area contributed by atoms with Crippen molar-refractivity contribution < 1.29 is 9.84 Å². The molecule has 0 aliphatic rings. The van der Waals surface area contributed by atoms with Gasteiger partial charge in [0.15, 0.2) is 0 Å². The lowest BCUT2D eigenvalue weighted by molar-refractivity contribution is 0.105. The van der Waals surface area contributed by atoms with Crippen molar-refractivity contribution in [2.75, 3.05) is 13.2 Å². The Hall–Kier alpha value is -1.50. The summed E-state index contributed by atoms with van der Waals surface area (Å²) in [5.74, 6) is 3.36. The molecule has 2 N–H and O–H groups in total. The minimum absolute atomic E-state index is 0.0410. The van der Waals surface area contributed by atoms with Crippen LogP contribution in [0.3, 0.4) is 0 Å². The third kappa shape index (κ3) is 4.79. The summed E-state index contributed by atoms with van der Waals surface area (Å²) < 4.78 is 5.58. The molecule has 0 fully saturated rings. The number of terminal acetylenes is 1. The molecule has 1 aromatic carbocycles. The zero-order valence-corrected chi connectivity index (χ0v) is 11.2. The Morgan fingerprint density at radius 3 is 2.78 bits per heavy atom. The van der Waals surface area contributed by atoms with Gasteiger partial charge in [0, 0.05) is 6.54 Å². The molecule has 2 unspecified atom stereocenters. The molecule has 3 nitrogen and oxygen atoms in total. The molecular weight excluding hydrogens is 226 g/mol. The number of aliphatic hydroxyl groups is 1. The highest BCUT2D eigenvalue weighted by atomic mass is 16.5. The van der Waals surface area contributed by atoms with Crippen LogP contribution in [-0.2, 0) is 0 Å². The van der Waals surface area contributed by atoms with Gasteiger partial charge < -0.3 is 15.2 Å². The third-order valence-electron chi connectivity index (χ3n) is 2.67. The lowest BCUT2D eigenvalue weighted by Gasteiger charge is -2.15. The van der Waals surface area contributed by atoms with Crippen LogP contribution in [0.15, 0.2) is 18.2 Å². The van der Waals surface area contributed by atoms with Gasteiger partial charge in [-0.3, -0.25) is 0 Å². The fraction of sp³-hybridized carbons (Fsp3) is 0.467. The molecule has 0 amide bonds. The third-order valence-corrected chi connectivity index (χ3v) is 2.67. The van der Waals surface area contributed by atoms with Gasteiger partial charge in [-0.05, 0) is 32.4 Å². The van der Waals surface area contributed by atoms with Crippen molar-refractivity contribution >= 4 is 0 Å². The second kappa shape index (κ2) is 7.05. The highest BCUT2D eigenvalue weighted by Crippen LogP contribution is 2.18. The maximum absolute atomic E-state index is 9.74. The fourth-order valence-electron chi connectivity index (χ4n) is 1.58. The van der Waals surface area contributed by atoms with Crippen LogP contribution < -0.4 is 10.1 Å². The van der Waals surface area contributed by atoms with Crippen LogP contribution in [0.2, 0.25) is 0 Å². The zero-order valence-electron chi connectivity index (χ0n) is 11.2. The Kier molecular flexibility index (Phi) is 5.70. The quantitative estimate of drug-likeness (QED) is 0.751. The van der Waals surface area contributed by atoms with Gasteiger partial charge in [-0.2, -0.15) is 0 Å². The Balaban J connectivity index is 2.38. The van der Waals surface area contributed by atoms with Crippen molar-refractivity contribution in [2.45, 2.75) is 32.9 Å². The first kappa shape index (κ1) is 14.6. The van der Waals surface area contributed by atoms with Crippen LogP contribution in [0.25, 0.3) is 0 Å². The van der Waals surface area contributed by atoms with Crippen LogP contribution >= 0.6 is 0 Å². The second-order valence-electron chi connectivity index (χ2n) is 4.53. The van der Waals surface area contributed by atoms with Crippen LogP contribution in [0, 0.1) is 26.2 Å². The molecule has 18 heavy (non-hydrogen) atoms. The number of benzene rings is 1. The zero-order chi connectivity index (χ0) is 13.5. The second-order valence-corrected chi connectivity index (χ2v) is 4.53. The molecule has 1 aromatic rings. The molecule has 3 heteroatoms. The van der Waals surface area contributed by atoms with E-state index in [0.717, 1.165) is 11.3 Å². The van der Waals surface area contributed by atoms with Crippen molar-refractivity contribution in [3.05, 3.63) is 29.3 Å². The number of rotatable bonds is 6. The largest absolute Gasteiger partial charge is 0.491 e. The standard InChI is InChI=1S/C15H21NO2/c1-5-13(4)16-9-14(17)10-18-15-7-6-11(2)8-12(15)3/h1,6-8,13-14,16-17H,9-10H2,2-4H3. The average Bonchev–Trinajstić information content (AvgIpc) is 2.34. The minimum atomic E-state index is -0.568. The van der Waals surface area contributed by atoms with Crippen LogP contribution in [0.5, 0.6) is 5.75 Å². The molecule has 0 saturated carbocycles. The Morgan fingerprint density at radius 1 is 1.44 bits per heavy atom. The Labute approximate surface area is 109 Å². The minimum Gasteiger partial charge on any atom is -0.491 e. The first-order valence-corrected chi connectivity index (χ1v) is 6.10. The average molecular weight is 247 g/mol. The van der Waals surface area contributed by atoms with Gasteiger partial charge in [-0.1, -0.05) is 23.6 Å². The van der Waals surface area contributed by atoms with E-state index in [9.17, 15) is 5.11 Å². The van der Waals surface area contributed by atoms with E-state index < -0.39 is 6.10 Å². The van der Waals surface area contributed by atoms with Gasteiger partial charge in [-0.15, -0.1) is 6.42 Å². The molecule has 0 aromatic heterocycles. The Morgan fingerprint density at radius 2 is 2.17 bits per heavy atom. The van der Waals surface area contributed by atoms with Crippen LogP contribution in [0.4, 0.5) is 0 Å². The molecule has 1 rings (SSSR count). The summed E-state index contributed by atoms with van der Waals surface area (Å²) in [6.07, 6.45) is 4.66. The van der Waals surface area contributed by atoms with E-state index in [-0.39, 0.29) is 12.6 Å². The van der Waals surface area contributed by atoms with Crippen LogP contribution in [0.1, 0.15) is 18.1 Å². The number of aliphatic hydroxyl groups excluding tert-OH is 1. The molecule has 98 valence electrons. The van der Waals surface area contributed by atoms with Crippen molar-refractivity contribution in [3.8, 4) is 18.1 Å². The smallest absolute Gasteiger partial charge is 0.122 e. The van der Waals surface area contributed by atoms with Crippen LogP contribution in [-0.4, -0.2) is 30.4 Å². The van der Waals surface area contributed by atoms with Gasteiger partial charge in [0.1, 0.15) is 18.5 Å². The molecule has 0 radical (unpaired) electrons. The molecule has 0 bridgehead atoms. The topological polar surface area (TPSA) is 41.5 Å². The van der Waals surface area contributed by atoms with Gasteiger partial charge >= 0.3 is 0 Å². The lowest BCUT2D eigenvalue weighted by Crippen LogP contribution is -2.35. The molecule has 0 spiro atoms. The summed E-state index contributed by atoms with van der Waals surface area (Å²) in [5, 5.41) is 12.8. The maximum Gasteiger partial charge on any atom is 0.122 e. The summed E-state index contributed by atoms with van der Waals surface area (Å²) in [6, 6.07) is 5.93. The number of hydrogen-bond acceptors (Lipinski definition) is 3. The molecular formula is C15H21NO2. The van der Waals surface area contributed by atoms with Gasteiger partial charge in [-0.25, -0.2) is 0 Å². The van der Waals surface area contributed by atoms with E-state index >= 15 is 0 Å². The van der Waals surface area contributed by atoms with E-state index in [0.29, 0.717) is 6.54 Å². The summed E-state index contributed by atoms with van der Waals surface area (Å²) in [4.78, 5) is 0. The number of ether oxygens (including phenoxy) is 1. The van der Waals surface area contributed by atoms with Crippen molar-refractivity contribution in [1.29, 1.82) is 0 Å². The number of nitrogens with one attached hydrogen (secondary N) is 1. The van der Waals surface area contributed by atoms with Gasteiger partial charge in [0.2, 0.25) is 0 Å². The van der Waals surface area contributed by atoms with Gasteiger partial charge in [0.25, 0.3) is 0 Å².